The largest absolute Gasteiger partial charge is 0.126 e. The molecule has 0 unspecified atom stereocenters. The third kappa shape index (κ3) is 7.24. The van der Waals surface area contributed by atoms with Crippen molar-refractivity contribution >= 4 is 48.8 Å². The number of hydrogen-bond acceptors (Lipinski definition) is 1. The van der Waals surface area contributed by atoms with Gasteiger partial charge in [0.2, 0.25) is 0 Å². The lowest BCUT2D eigenvalue weighted by Gasteiger charge is -2.37. The van der Waals surface area contributed by atoms with Gasteiger partial charge < -0.3 is 0 Å². The minimum Gasteiger partial charge on any atom is -0.126 e. The topological polar surface area (TPSA) is 0 Å². The van der Waals surface area contributed by atoms with Crippen molar-refractivity contribution in [3.05, 3.63) is 152 Å². The van der Waals surface area contributed by atoms with Crippen LogP contribution in [0.15, 0.2) is 157 Å². The lowest BCUT2D eigenvalue weighted by Crippen LogP contribution is -2.34. The Morgan fingerprint density at radius 1 is 0.447 bits per heavy atom. The molecule has 0 spiro atoms. The first kappa shape index (κ1) is 26.9. The Kier molecular flexibility index (Phi) is 9.48. The van der Waals surface area contributed by atoms with E-state index in [2.05, 4.69) is 159 Å². The fourth-order valence-electron chi connectivity index (χ4n) is 4.77. The van der Waals surface area contributed by atoms with Crippen molar-refractivity contribution in [2.45, 2.75) is 11.8 Å². The molecule has 0 N–H and O–H groups in total. The van der Waals surface area contributed by atoms with Crippen molar-refractivity contribution in [1.29, 1.82) is 0 Å². The molecule has 5 aromatic rings. The molecule has 0 atom stereocenters. The summed E-state index contributed by atoms with van der Waals surface area (Å²) < 4.78 is 0. The molecule has 0 aliphatic heterocycles. The Labute approximate surface area is 235 Å². The van der Waals surface area contributed by atoms with Crippen LogP contribution in [0.5, 0.6) is 0 Å². The highest BCUT2D eigenvalue weighted by atomic mass is 32.2. The third-order valence-corrected chi connectivity index (χ3v) is 14.0. The first-order valence-corrected chi connectivity index (χ1v) is 17.2. The SMILES string of the molecule is CC(CSc1ccccc1)(CP(c1ccccc1)c1ccccc1)CP(c1ccccc1)c1ccccc1. The number of hydrogen-bond donors (Lipinski definition) is 0. The van der Waals surface area contributed by atoms with Crippen LogP contribution in [0.1, 0.15) is 6.92 Å². The van der Waals surface area contributed by atoms with Gasteiger partial charge >= 0.3 is 0 Å². The smallest absolute Gasteiger partial charge is 0.00721 e. The van der Waals surface area contributed by atoms with Crippen LogP contribution >= 0.6 is 27.6 Å². The van der Waals surface area contributed by atoms with Crippen LogP contribution in [0.3, 0.4) is 0 Å². The van der Waals surface area contributed by atoms with E-state index in [1.54, 1.807) is 0 Å². The summed E-state index contributed by atoms with van der Waals surface area (Å²) in [6.45, 7) is 2.55. The molecule has 0 aliphatic carbocycles. The fraction of sp³-hybridized carbons (Fsp3) is 0.143. The lowest BCUT2D eigenvalue weighted by molar-refractivity contribution is 0.499. The van der Waals surface area contributed by atoms with Gasteiger partial charge in [0.05, 0.1) is 0 Å². The molecule has 0 saturated carbocycles. The van der Waals surface area contributed by atoms with Crippen molar-refractivity contribution in [2.24, 2.45) is 5.41 Å². The van der Waals surface area contributed by atoms with Crippen molar-refractivity contribution in [3.8, 4) is 0 Å². The molecule has 0 bridgehead atoms. The predicted octanol–water partition coefficient (Wildman–Crippen LogP) is 8.05. The maximum absolute atomic E-state index is 2.55. The van der Waals surface area contributed by atoms with Gasteiger partial charge in [0.1, 0.15) is 0 Å². The van der Waals surface area contributed by atoms with Crippen LogP contribution in [-0.4, -0.2) is 18.1 Å². The lowest BCUT2D eigenvalue weighted by atomic mass is 9.99. The molecule has 0 heterocycles. The van der Waals surface area contributed by atoms with Gasteiger partial charge in [-0.15, -0.1) is 11.8 Å². The van der Waals surface area contributed by atoms with E-state index in [1.165, 1.54) is 26.1 Å². The standard InChI is InChI=1S/C35H34P2S/c1-35(29-38-34-25-15-6-16-26-34,27-36(30-17-7-2-8-18-30)31-19-9-3-10-20-31)28-37(32-21-11-4-12-22-32)33-23-13-5-14-24-33/h2-26H,27-29H2,1H3. The van der Waals surface area contributed by atoms with E-state index in [9.17, 15) is 0 Å². The molecule has 0 saturated heterocycles. The predicted molar refractivity (Wildman–Crippen MR) is 173 cm³/mol. The minimum absolute atomic E-state index is 0.134. The summed E-state index contributed by atoms with van der Waals surface area (Å²) in [4.78, 5) is 1.35. The number of benzene rings is 5. The van der Waals surface area contributed by atoms with Crippen LogP contribution in [0.2, 0.25) is 0 Å². The van der Waals surface area contributed by atoms with Crippen LogP contribution in [0.4, 0.5) is 0 Å². The highest BCUT2D eigenvalue weighted by Crippen LogP contribution is 2.49. The third-order valence-electron chi connectivity index (χ3n) is 6.68. The zero-order valence-corrected chi connectivity index (χ0v) is 24.5. The van der Waals surface area contributed by atoms with E-state index in [4.69, 9.17) is 0 Å². The van der Waals surface area contributed by atoms with Gasteiger partial charge in [0, 0.05) is 10.6 Å². The fourth-order valence-corrected chi connectivity index (χ4v) is 11.8. The van der Waals surface area contributed by atoms with Gasteiger partial charge in [-0.2, -0.15) is 0 Å². The summed E-state index contributed by atoms with van der Waals surface area (Å²) in [6.07, 6.45) is 2.32. The molecule has 190 valence electrons. The minimum atomic E-state index is -0.491. The van der Waals surface area contributed by atoms with Gasteiger partial charge in [-0.25, -0.2) is 0 Å². The summed E-state index contributed by atoms with van der Waals surface area (Å²) in [5.41, 5.74) is 0.134. The summed E-state index contributed by atoms with van der Waals surface area (Å²) in [7, 11) is -0.981. The molecule has 38 heavy (non-hydrogen) atoms. The van der Waals surface area contributed by atoms with Gasteiger partial charge in [-0.3, -0.25) is 0 Å². The second-order valence-corrected chi connectivity index (χ2v) is 15.4. The monoisotopic (exact) mass is 548 g/mol. The normalized spacial score (nSPS) is 11.7. The molecular formula is C35H34P2S. The maximum atomic E-state index is 2.55. The molecule has 0 nitrogen and oxygen atoms in total. The quantitative estimate of drug-likeness (QED) is 0.119. The van der Waals surface area contributed by atoms with Crippen molar-refractivity contribution in [2.75, 3.05) is 18.1 Å². The second kappa shape index (κ2) is 13.4. The van der Waals surface area contributed by atoms with Crippen LogP contribution in [0, 0.1) is 5.41 Å². The number of thioether (sulfide) groups is 1. The van der Waals surface area contributed by atoms with E-state index < -0.39 is 15.8 Å². The molecule has 5 rings (SSSR count). The van der Waals surface area contributed by atoms with Gasteiger partial charge in [-0.1, -0.05) is 146 Å². The van der Waals surface area contributed by atoms with E-state index in [0.29, 0.717) is 0 Å². The molecule has 0 aromatic heterocycles. The Bertz CT molecular complexity index is 1200. The van der Waals surface area contributed by atoms with Crippen molar-refractivity contribution < 1.29 is 0 Å². The van der Waals surface area contributed by atoms with Gasteiger partial charge in [-0.05, 0) is 66.9 Å². The summed E-state index contributed by atoms with van der Waals surface area (Å²) in [5, 5.41) is 5.86. The Balaban J connectivity index is 1.53. The highest BCUT2D eigenvalue weighted by Gasteiger charge is 2.34. The Hall–Kier alpha value is -2.69. The Morgan fingerprint density at radius 3 is 1.05 bits per heavy atom. The highest BCUT2D eigenvalue weighted by molar-refractivity contribution is 7.99. The zero-order valence-electron chi connectivity index (χ0n) is 21.9. The van der Waals surface area contributed by atoms with E-state index in [1.807, 2.05) is 11.8 Å². The molecule has 0 aliphatic rings. The van der Waals surface area contributed by atoms with E-state index in [0.717, 1.165) is 18.1 Å². The second-order valence-electron chi connectivity index (χ2n) is 9.93. The van der Waals surface area contributed by atoms with Crippen LogP contribution in [0.25, 0.3) is 0 Å². The molecule has 0 fully saturated rings. The average molecular weight is 549 g/mol. The zero-order chi connectivity index (χ0) is 26.0. The Morgan fingerprint density at radius 2 is 0.737 bits per heavy atom. The molecule has 0 radical (unpaired) electrons. The number of rotatable bonds is 11. The van der Waals surface area contributed by atoms with Crippen molar-refractivity contribution in [3.63, 3.8) is 0 Å². The molecule has 3 heteroatoms. The van der Waals surface area contributed by atoms with Crippen molar-refractivity contribution in [1.82, 2.24) is 0 Å². The first-order valence-electron chi connectivity index (χ1n) is 13.1. The van der Waals surface area contributed by atoms with Gasteiger partial charge in [0.25, 0.3) is 0 Å². The maximum Gasteiger partial charge on any atom is 0.00721 e. The first-order chi connectivity index (χ1) is 18.7. The summed E-state index contributed by atoms with van der Waals surface area (Å²) in [5.74, 6) is 1.09. The van der Waals surface area contributed by atoms with E-state index >= 15 is 0 Å². The molecule has 0 amide bonds. The average Bonchev–Trinajstić information content (AvgIpc) is 3.00. The summed E-state index contributed by atoms with van der Waals surface area (Å²) in [6, 6.07) is 55.7. The summed E-state index contributed by atoms with van der Waals surface area (Å²) >= 11 is 2.01. The van der Waals surface area contributed by atoms with Crippen LogP contribution < -0.4 is 21.2 Å². The van der Waals surface area contributed by atoms with E-state index in [-0.39, 0.29) is 5.41 Å². The van der Waals surface area contributed by atoms with Crippen LogP contribution in [-0.2, 0) is 0 Å². The van der Waals surface area contributed by atoms with Gasteiger partial charge in [0.15, 0.2) is 0 Å². The molecule has 5 aromatic carbocycles. The molecular weight excluding hydrogens is 514 g/mol.